The minimum absolute atomic E-state index is 0.0282. The number of carbonyl (C=O) groups excluding carboxylic acids is 1. The van der Waals surface area contributed by atoms with Gasteiger partial charge in [0.05, 0.1) is 12.2 Å². The summed E-state index contributed by atoms with van der Waals surface area (Å²) < 4.78 is 11.8. The molecule has 5 nitrogen and oxygen atoms in total. The molecular formula is C30H44O5. The topological polar surface area (TPSA) is 76.0 Å². The molecule has 35 heavy (non-hydrogen) atoms. The van der Waals surface area contributed by atoms with Crippen molar-refractivity contribution in [3.8, 4) is 5.75 Å². The SMILES string of the molecule is CCCCC[C@@H](O)CC[C@@H]1[C@H]2Cc3cccc(OCC(=O)O[C@@H]4CC5CC[C@@H]4C5)c3C[C@H]2C[C@H]1O. The Labute approximate surface area is 210 Å². The van der Waals surface area contributed by atoms with Gasteiger partial charge in [-0.3, -0.25) is 0 Å². The third-order valence-corrected chi connectivity index (χ3v) is 9.62. The molecule has 3 saturated carbocycles. The van der Waals surface area contributed by atoms with Gasteiger partial charge < -0.3 is 19.7 Å². The second kappa shape index (κ2) is 11.2. The van der Waals surface area contributed by atoms with Crippen LogP contribution in [0.25, 0.3) is 0 Å². The van der Waals surface area contributed by atoms with Crippen LogP contribution < -0.4 is 4.74 Å². The lowest BCUT2D eigenvalue weighted by atomic mass is 9.73. The highest BCUT2D eigenvalue weighted by Crippen LogP contribution is 2.49. The molecule has 2 N–H and O–H groups in total. The van der Waals surface area contributed by atoms with E-state index in [0.29, 0.717) is 17.8 Å². The van der Waals surface area contributed by atoms with Gasteiger partial charge in [-0.1, -0.05) is 38.3 Å². The molecule has 0 aliphatic heterocycles. The number of benzene rings is 1. The molecular weight excluding hydrogens is 440 g/mol. The van der Waals surface area contributed by atoms with E-state index in [1.807, 2.05) is 12.1 Å². The number of hydrogen-bond donors (Lipinski definition) is 2. The summed E-state index contributed by atoms with van der Waals surface area (Å²) >= 11 is 0. The number of ether oxygens (including phenoxy) is 2. The van der Waals surface area contributed by atoms with Crippen molar-refractivity contribution >= 4 is 5.97 Å². The van der Waals surface area contributed by atoms with Gasteiger partial charge in [-0.2, -0.15) is 0 Å². The van der Waals surface area contributed by atoms with E-state index in [9.17, 15) is 15.0 Å². The van der Waals surface area contributed by atoms with Gasteiger partial charge in [-0.05, 0) is 111 Å². The fraction of sp³-hybridized carbons (Fsp3) is 0.767. The zero-order valence-corrected chi connectivity index (χ0v) is 21.4. The van der Waals surface area contributed by atoms with E-state index in [2.05, 4.69) is 13.0 Å². The molecule has 5 heteroatoms. The summed E-state index contributed by atoms with van der Waals surface area (Å²) in [5.41, 5.74) is 2.49. The van der Waals surface area contributed by atoms with Crippen LogP contribution in [0.5, 0.6) is 5.75 Å². The molecule has 4 aliphatic carbocycles. The molecule has 0 spiro atoms. The van der Waals surface area contributed by atoms with Gasteiger partial charge in [-0.25, -0.2) is 4.79 Å². The number of carbonyl (C=O) groups is 1. The highest BCUT2D eigenvalue weighted by atomic mass is 16.6. The van der Waals surface area contributed by atoms with Crippen molar-refractivity contribution < 1.29 is 24.5 Å². The van der Waals surface area contributed by atoms with Crippen LogP contribution in [0, 0.1) is 29.6 Å². The number of rotatable bonds is 11. The maximum absolute atomic E-state index is 12.5. The zero-order chi connectivity index (χ0) is 24.4. The summed E-state index contributed by atoms with van der Waals surface area (Å²) in [7, 11) is 0. The minimum atomic E-state index is -0.289. The van der Waals surface area contributed by atoms with E-state index < -0.39 is 0 Å². The number of aliphatic hydroxyl groups is 2. The molecule has 194 valence electrons. The molecule has 0 aromatic heterocycles. The first-order valence-electron chi connectivity index (χ1n) is 14.3. The summed E-state index contributed by atoms with van der Waals surface area (Å²) in [6.45, 7) is 2.16. The van der Waals surface area contributed by atoms with E-state index >= 15 is 0 Å². The number of fused-ring (bicyclic) bond motifs is 4. The maximum Gasteiger partial charge on any atom is 0.344 e. The molecule has 0 saturated heterocycles. The fourth-order valence-corrected chi connectivity index (χ4v) is 7.77. The lowest BCUT2D eigenvalue weighted by Gasteiger charge is -2.32. The molecule has 3 fully saturated rings. The maximum atomic E-state index is 12.5. The van der Waals surface area contributed by atoms with Crippen LogP contribution in [-0.2, 0) is 22.4 Å². The van der Waals surface area contributed by atoms with Gasteiger partial charge >= 0.3 is 5.97 Å². The van der Waals surface area contributed by atoms with Crippen LogP contribution >= 0.6 is 0 Å². The van der Waals surface area contributed by atoms with Gasteiger partial charge in [0.2, 0.25) is 0 Å². The minimum Gasteiger partial charge on any atom is -0.482 e. The Kier molecular flexibility index (Phi) is 8.03. The normalized spacial score (nSPS) is 33.9. The molecule has 5 rings (SSSR count). The third-order valence-electron chi connectivity index (χ3n) is 9.62. The Morgan fingerprint density at radius 3 is 2.74 bits per heavy atom. The standard InChI is InChI=1S/C30H44O5/c1-2-3-4-7-23(31)11-12-24-25-15-20-6-5-8-28(26(20)16-22(25)17-27(24)32)34-18-30(33)35-29-14-19-9-10-21(29)13-19/h5-6,8,19,21-25,27,29,31-32H,2-4,7,9-18H2,1H3/t19?,21-,22+,23-,24-,25+,27-,29-/m1/s1. The van der Waals surface area contributed by atoms with Crippen molar-refractivity contribution in [1.82, 2.24) is 0 Å². The average Bonchev–Trinajstić information content (AvgIpc) is 3.54. The van der Waals surface area contributed by atoms with E-state index in [4.69, 9.17) is 9.47 Å². The molecule has 8 atom stereocenters. The second-order valence-electron chi connectivity index (χ2n) is 11.9. The predicted octanol–water partition coefficient (Wildman–Crippen LogP) is 5.23. The summed E-state index contributed by atoms with van der Waals surface area (Å²) in [4.78, 5) is 12.5. The third kappa shape index (κ3) is 5.72. The fourth-order valence-electron chi connectivity index (χ4n) is 7.77. The summed E-state index contributed by atoms with van der Waals surface area (Å²) in [6, 6.07) is 6.17. The average molecular weight is 485 g/mol. The number of esters is 1. The van der Waals surface area contributed by atoms with Crippen LogP contribution in [-0.4, -0.2) is 41.1 Å². The Morgan fingerprint density at radius 2 is 1.97 bits per heavy atom. The van der Waals surface area contributed by atoms with Crippen molar-refractivity contribution in [3.05, 3.63) is 29.3 Å². The molecule has 0 amide bonds. The first-order valence-corrected chi connectivity index (χ1v) is 14.3. The second-order valence-corrected chi connectivity index (χ2v) is 11.9. The Bertz CT molecular complexity index is 868. The summed E-state index contributed by atoms with van der Waals surface area (Å²) in [5, 5.41) is 21.3. The van der Waals surface area contributed by atoms with E-state index in [0.717, 1.165) is 63.0 Å². The Morgan fingerprint density at radius 1 is 1.09 bits per heavy atom. The molecule has 1 aromatic carbocycles. The van der Waals surface area contributed by atoms with E-state index in [-0.39, 0.29) is 36.8 Å². The van der Waals surface area contributed by atoms with Gasteiger partial charge in [0.15, 0.2) is 6.61 Å². The monoisotopic (exact) mass is 484 g/mol. The van der Waals surface area contributed by atoms with Crippen LogP contribution in [0.4, 0.5) is 0 Å². The molecule has 0 heterocycles. The van der Waals surface area contributed by atoms with Crippen molar-refractivity contribution in [2.24, 2.45) is 29.6 Å². The molecule has 4 aliphatic rings. The van der Waals surface area contributed by atoms with Crippen LogP contribution in [0.3, 0.4) is 0 Å². The molecule has 2 bridgehead atoms. The first kappa shape index (κ1) is 25.1. The van der Waals surface area contributed by atoms with E-state index in [1.54, 1.807) is 0 Å². The van der Waals surface area contributed by atoms with Crippen molar-refractivity contribution in [2.75, 3.05) is 6.61 Å². The highest BCUT2D eigenvalue weighted by Gasteiger charge is 2.45. The van der Waals surface area contributed by atoms with Gasteiger partial charge in [0.25, 0.3) is 0 Å². The summed E-state index contributed by atoms with van der Waals surface area (Å²) in [6.07, 6.45) is 12.9. The summed E-state index contributed by atoms with van der Waals surface area (Å²) in [5.74, 6) is 3.02. The van der Waals surface area contributed by atoms with Crippen LogP contribution in [0.15, 0.2) is 18.2 Å². The molecule has 0 radical (unpaired) electrons. The first-order chi connectivity index (χ1) is 17.0. The largest absolute Gasteiger partial charge is 0.482 e. The lowest BCUT2D eigenvalue weighted by Crippen LogP contribution is -2.29. The highest BCUT2D eigenvalue weighted by molar-refractivity contribution is 5.71. The smallest absolute Gasteiger partial charge is 0.344 e. The predicted molar refractivity (Wildman–Crippen MR) is 135 cm³/mol. The van der Waals surface area contributed by atoms with Crippen molar-refractivity contribution in [1.29, 1.82) is 0 Å². The van der Waals surface area contributed by atoms with Gasteiger partial charge in [0.1, 0.15) is 11.9 Å². The van der Waals surface area contributed by atoms with Crippen molar-refractivity contribution in [2.45, 2.75) is 109 Å². The van der Waals surface area contributed by atoms with E-state index in [1.165, 1.54) is 43.2 Å². The van der Waals surface area contributed by atoms with Crippen LogP contribution in [0.1, 0.15) is 88.7 Å². The quantitative estimate of drug-likeness (QED) is 0.332. The van der Waals surface area contributed by atoms with Crippen LogP contribution in [0.2, 0.25) is 0 Å². The number of hydrogen-bond acceptors (Lipinski definition) is 5. The van der Waals surface area contributed by atoms with Gasteiger partial charge in [-0.15, -0.1) is 0 Å². The van der Waals surface area contributed by atoms with Crippen molar-refractivity contribution in [3.63, 3.8) is 0 Å². The zero-order valence-electron chi connectivity index (χ0n) is 21.4. The lowest BCUT2D eigenvalue weighted by molar-refractivity contribution is -0.153. The molecule has 1 aromatic rings. The Hall–Kier alpha value is -1.59. The molecule has 1 unspecified atom stereocenters. The Balaban J connectivity index is 1.15. The number of unbranched alkanes of at least 4 members (excludes halogenated alkanes) is 2. The van der Waals surface area contributed by atoms with Gasteiger partial charge in [0, 0.05) is 0 Å². The number of aliphatic hydroxyl groups excluding tert-OH is 2.